The smallest absolute Gasteiger partial charge is 0.228 e. The summed E-state index contributed by atoms with van der Waals surface area (Å²) in [7, 11) is 0. The van der Waals surface area contributed by atoms with E-state index in [2.05, 4.69) is 10.6 Å². The van der Waals surface area contributed by atoms with Crippen molar-refractivity contribution in [3.05, 3.63) is 59.7 Å². The van der Waals surface area contributed by atoms with Crippen LogP contribution in [-0.4, -0.2) is 17.6 Å². The number of carbonyl (C=O) groups is 3. The van der Waals surface area contributed by atoms with E-state index in [0.29, 0.717) is 28.9 Å². The molecule has 6 heteroatoms. The van der Waals surface area contributed by atoms with E-state index in [1.807, 2.05) is 6.07 Å². The van der Waals surface area contributed by atoms with Crippen LogP contribution < -0.4 is 10.6 Å². The van der Waals surface area contributed by atoms with Gasteiger partial charge in [-0.15, -0.1) is 0 Å². The van der Waals surface area contributed by atoms with E-state index in [4.69, 9.17) is 5.26 Å². The van der Waals surface area contributed by atoms with E-state index in [1.165, 1.54) is 6.92 Å². The number of Topliss-reactive ketones (excluding diaryl/α,β-unsaturated/α-hetero) is 1. The maximum atomic E-state index is 12.3. The van der Waals surface area contributed by atoms with Crippen LogP contribution in [0.2, 0.25) is 0 Å². The summed E-state index contributed by atoms with van der Waals surface area (Å²) in [4.78, 5) is 35.9. The second-order valence-corrected chi connectivity index (χ2v) is 6.25. The molecular formula is C20H17N3O3. The maximum Gasteiger partial charge on any atom is 0.228 e. The lowest BCUT2D eigenvalue weighted by Crippen LogP contribution is -2.20. The molecule has 0 saturated heterocycles. The molecule has 2 aromatic rings. The van der Waals surface area contributed by atoms with E-state index < -0.39 is 0 Å². The van der Waals surface area contributed by atoms with Gasteiger partial charge in [-0.25, -0.2) is 0 Å². The molecule has 0 radical (unpaired) electrons. The zero-order valence-corrected chi connectivity index (χ0v) is 14.2. The number of nitrogens with zero attached hydrogens (tertiary/aromatic N) is 1. The van der Waals surface area contributed by atoms with Crippen LogP contribution in [0.5, 0.6) is 0 Å². The Labute approximate surface area is 150 Å². The van der Waals surface area contributed by atoms with Gasteiger partial charge in [0.05, 0.1) is 23.5 Å². The number of hydrogen-bond donors (Lipinski definition) is 2. The van der Waals surface area contributed by atoms with Gasteiger partial charge in [0.25, 0.3) is 0 Å². The molecule has 2 unspecified atom stereocenters. The van der Waals surface area contributed by atoms with Gasteiger partial charge in [-0.3, -0.25) is 14.4 Å². The van der Waals surface area contributed by atoms with Gasteiger partial charge in [-0.2, -0.15) is 5.26 Å². The average Bonchev–Trinajstić information content (AvgIpc) is 3.43. The molecule has 2 atom stereocenters. The molecule has 0 bridgehead atoms. The first-order valence-corrected chi connectivity index (χ1v) is 8.21. The Hall–Kier alpha value is -3.46. The maximum absolute atomic E-state index is 12.3. The topological polar surface area (TPSA) is 99.1 Å². The second-order valence-electron chi connectivity index (χ2n) is 6.25. The highest BCUT2D eigenvalue weighted by Crippen LogP contribution is 2.40. The monoisotopic (exact) mass is 347 g/mol. The van der Waals surface area contributed by atoms with Gasteiger partial charge in [0.1, 0.15) is 0 Å². The molecule has 1 aliphatic carbocycles. The van der Waals surface area contributed by atoms with Gasteiger partial charge < -0.3 is 10.6 Å². The molecule has 0 spiro atoms. The van der Waals surface area contributed by atoms with Crippen LogP contribution in [0.3, 0.4) is 0 Å². The zero-order chi connectivity index (χ0) is 18.7. The van der Waals surface area contributed by atoms with Crippen LogP contribution in [0, 0.1) is 23.2 Å². The van der Waals surface area contributed by atoms with Crippen molar-refractivity contribution < 1.29 is 14.4 Å². The first-order chi connectivity index (χ1) is 12.5. The minimum Gasteiger partial charge on any atom is -0.326 e. The fourth-order valence-electron chi connectivity index (χ4n) is 2.69. The second kappa shape index (κ2) is 7.19. The van der Waals surface area contributed by atoms with Crippen molar-refractivity contribution in [2.75, 3.05) is 10.6 Å². The van der Waals surface area contributed by atoms with Crippen LogP contribution in [-0.2, 0) is 9.59 Å². The summed E-state index contributed by atoms with van der Waals surface area (Å²) in [6, 6.07) is 15.3. The molecule has 1 saturated carbocycles. The van der Waals surface area contributed by atoms with Crippen molar-refractivity contribution in [1.29, 1.82) is 5.26 Å². The van der Waals surface area contributed by atoms with Crippen molar-refractivity contribution in [1.82, 2.24) is 0 Å². The minimum absolute atomic E-state index is 0.0767. The van der Waals surface area contributed by atoms with Crippen LogP contribution in [0.15, 0.2) is 48.5 Å². The van der Waals surface area contributed by atoms with Crippen molar-refractivity contribution in [2.45, 2.75) is 13.3 Å². The van der Waals surface area contributed by atoms with Gasteiger partial charge in [0.15, 0.2) is 5.78 Å². The van der Waals surface area contributed by atoms with E-state index in [-0.39, 0.29) is 29.4 Å². The molecule has 3 rings (SSSR count). The Balaban J connectivity index is 1.56. The van der Waals surface area contributed by atoms with Gasteiger partial charge in [0.2, 0.25) is 11.8 Å². The fraction of sp³-hybridized carbons (Fsp3) is 0.200. The first kappa shape index (κ1) is 17.4. The summed E-state index contributed by atoms with van der Waals surface area (Å²) in [5, 5.41) is 14.3. The van der Waals surface area contributed by atoms with Crippen molar-refractivity contribution >= 4 is 29.0 Å². The van der Waals surface area contributed by atoms with Crippen molar-refractivity contribution in [2.24, 2.45) is 11.8 Å². The average molecular weight is 347 g/mol. The number of anilines is 2. The number of carbonyl (C=O) groups excluding carboxylic acids is 3. The highest BCUT2D eigenvalue weighted by molar-refractivity contribution is 6.04. The van der Waals surface area contributed by atoms with Crippen LogP contribution in [0.1, 0.15) is 29.3 Å². The predicted molar refractivity (Wildman–Crippen MR) is 96.5 cm³/mol. The zero-order valence-electron chi connectivity index (χ0n) is 14.2. The molecule has 2 aromatic carbocycles. The summed E-state index contributed by atoms with van der Waals surface area (Å²) < 4.78 is 0. The highest BCUT2D eigenvalue weighted by Gasteiger charge is 2.48. The number of nitrogens with one attached hydrogen (secondary N) is 2. The lowest BCUT2D eigenvalue weighted by atomic mass is 10.1. The largest absolute Gasteiger partial charge is 0.326 e. The summed E-state index contributed by atoms with van der Waals surface area (Å²) in [6.07, 6.45) is 0.486. The number of benzene rings is 2. The van der Waals surface area contributed by atoms with Crippen molar-refractivity contribution in [3.63, 3.8) is 0 Å². The summed E-state index contributed by atoms with van der Waals surface area (Å²) in [5.74, 6) is -1.28. The summed E-state index contributed by atoms with van der Waals surface area (Å²) in [5.41, 5.74) is 2.17. The number of ketones is 1. The Morgan fingerprint density at radius 3 is 2.15 bits per heavy atom. The summed E-state index contributed by atoms with van der Waals surface area (Å²) in [6.45, 7) is 1.46. The molecule has 0 aromatic heterocycles. The molecule has 0 aliphatic heterocycles. The number of amides is 2. The molecule has 2 N–H and O–H groups in total. The molecule has 2 amide bonds. The quantitative estimate of drug-likeness (QED) is 0.812. The minimum atomic E-state index is -0.380. The molecule has 1 fully saturated rings. The van der Waals surface area contributed by atoms with Gasteiger partial charge in [0, 0.05) is 16.9 Å². The van der Waals surface area contributed by atoms with Crippen molar-refractivity contribution in [3.8, 4) is 6.07 Å². The van der Waals surface area contributed by atoms with E-state index in [9.17, 15) is 14.4 Å². The lowest BCUT2D eigenvalue weighted by molar-refractivity contribution is -0.122. The first-order valence-electron chi connectivity index (χ1n) is 8.21. The standard InChI is InChI=1S/C20H17N3O3/c1-12(24)14-3-2-4-16(9-14)23-20(26)18-10-17(18)19(25)22-15-7-5-13(11-21)6-8-15/h2-9,17-18H,10H2,1H3,(H,22,25)(H,23,26). The van der Waals surface area contributed by atoms with E-state index >= 15 is 0 Å². The summed E-state index contributed by atoms with van der Waals surface area (Å²) >= 11 is 0. The van der Waals surface area contributed by atoms with Crippen LogP contribution >= 0.6 is 0 Å². The lowest BCUT2D eigenvalue weighted by Gasteiger charge is -2.07. The molecule has 1 aliphatic rings. The Morgan fingerprint density at radius 1 is 0.962 bits per heavy atom. The predicted octanol–water partition coefficient (Wildman–Crippen LogP) is 2.97. The number of hydrogen-bond acceptors (Lipinski definition) is 4. The normalized spacial score (nSPS) is 17.7. The molecule has 0 heterocycles. The van der Waals surface area contributed by atoms with E-state index in [1.54, 1.807) is 48.5 Å². The van der Waals surface area contributed by atoms with Crippen LogP contribution in [0.4, 0.5) is 11.4 Å². The van der Waals surface area contributed by atoms with Gasteiger partial charge >= 0.3 is 0 Å². The SMILES string of the molecule is CC(=O)c1cccc(NC(=O)C2CC2C(=O)Nc2ccc(C#N)cc2)c1. The van der Waals surface area contributed by atoms with Crippen LogP contribution in [0.25, 0.3) is 0 Å². The Morgan fingerprint density at radius 2 is 1.58 bits per heavy atom. The molecule has 130 valence electrons. The third-order valence-corrected chi connectivity index (χ3v) is 4.28. The Kier molecular flexibility index (Phi) is 4.81. The van der Waals surface area contributed by atoms with Gasteiger partial charge in [-0.05, 0) is 49.7 Å². The highest BCUT2D eigenvalue weighted by atomic mass is 16.2. The molecule has 6 nitrogen and oxygen atoms in total. The molecule has 26 heavy (non-hydrogen) atoms. The van der Waals surface area contributed by atoms with E-state index in [0.717, 1.165) is 0 Å². The third kappa shape index (κ3) is 3.95. The van der Waals surface area contributed by atoms with Gasteiger partial charge in [-0.1, -0.05) is 12.1 Å². The number of nitriles is 1. The molecular weight excluding hydrogens is 330 g/mol. The number of rotatable bonds is 5. The fourth-order valence-corrected chi connectivity index (χ4v) is 2.69. The Bertz CT molecular complexity index is 913. The third-order valence-electron chi connectivity index (χ3n) is 4.28.